The van der Waals surface area contributed by atoms with E-state index in [0.717, 1.165) is 25.8 Å². The number of nitrogens with zero attached hydrogens (tertiary/aromatic N) is 1. The van der Waals surface area contributed by atoms with E-state index in [2.05, 4.69) is 19.2 Å². The SMILES string of the molecule is CC(C)CCNC(=O)C(C)N1CCCC1CC(=O)O. The number of carbonyl (C=O) groups excluding carboxylic acids is 1. The molecule has 1 rings (SSSR count). The summed E-state index contributed by atoms with van der Waals surface area (Å²) in [5, 5.41) is 11.8. The fraction of sp³-hybridized carbons (Fsp3) is 0.857. The zero-order valence-electron chi connectivity index (χ0n) is 12.2. The lowest BCUT2D eigenvalue weighted by Crippen LogP contribution is -2.48. The number of nitrogens with one attached hydrogen (secondary N) is 1. The molecule has 1 amide bonds. The maximum absolute atomic E-state index is 12.0. The molecule has 5 heteroatoms. The predicted molar refractivity (Wildman–Crippen MR) is 73.9 cm³/mol. The highest BCUT2D eigenvalue weighted by Gasteiger charge is 2.32. The standard InChI is InChI=1S/C14H26N2O3/c1-10(2)6-7-15-14(19)11(3)16-8-4-5-12(16)9-13(17)18/h10-12H,4-9H2,1-3H3,(H,15,19)(H,17,18). The van der Waals surface area contributed by atoms with Crippen LogP contribution in [0.3, 0.4) is 0 Å². The van der Waals surface area contributed by atoms with Crippen LogP contribution in [0.25, 0.3) is 0 Å². The summed E-state index contributed by atoms with van der Waals surface area (Å²) in [6, 6.07) is -0.234. The molecular weight excluding hydrogens is 244 g/mol. The van der Waals surface area contributed by atoms with Gasteiger partial charge in [0.25, 0.3) is 0 Å². The zero-order chi connectivity index (χ0) is 14.4. The fourth-order valence-corrected chi connectivity index (χ4v) is 2.57. The first-order valence-corrected chi connectivity index (χ1v) is 7.17. The van der Waals surface area contributed by atoms with Gasteiger partial charge >= 0.3 is 5.97 Å². The van der Waals surface area contributed by atoms with Gasteiger partial charge in [-0.3, -0.25) is 14.5 Å². The average Bonchev–Trinajstić information content (AvgIpc) is 2.74. The number of aliphatic carboxylic acids is 1. The van der Waals surface area contributed by atoms with Crippen molar-refractivity contribution in [2.45, 2.75) is 58.5 Å². The van der Waals surface area contributed by atoms with Crippen molar-refractivity contribution < 1.29 is 14.7 Å². The summed E-state index contributed by atoms with van der Waals surface area (Å²) in [5.74, 6) is -0.204. The monoisotopic (exact) mass is 270 g/mol. The van der Waals surface area contributed by atoms with Gasteiger partial charge in [0.1, 0.15) is 0 Å². The van der Waals surface area contributed by atoms with E-state index in [1.165, 1.54) is 0 Å². The molecule has 2 N–H and O–H groups in total. The Hall–Kier alpha value is -1.10. The highest BCUT2D eigenvalue weighted by Crippen LogP contribution is 2.22. The molecule has 1 fully saturated rings. The van der Waals surface area contributed by atoms with Gasteiger partial charge in [-0.1, -0.05) is 13.8 Å². The summed E-state index contributed by atoms with van der Waals surface area (Å²) in [6.45, 7) is 7.62. The molecule has 1 saturated heterocycles. The number of amides is 1. The molecule has 5 nitrogen and oxygen atoms in total. The van der Waals surface area contributed by atoms with E-state index >= 15 is 0 Å². The quantitative estimate of drug-likeness (QED) is 0.735. The van der Waals surface area contributed by atoms with Crippen molar-refractivity contribution in [1.82, 2.24) is 10.2 Å². The molecule has 19 heavy (non-hydrogen) atoms. The first kappa shape index (κ1) is 16.0. The lowest BCUT2D eigenvalue weighted by Gasteiger charge is -2.29. The maximum atomic E-state index is 12.0. The van der Waals surface area contributed by atoms with Crippen molar-refractivity contribution in [2.24, 2.45) is 5.92 Å². The molecule has 1 heterocycles. The fourth-order valence-electron chi connectivity index (χ4n) is 2.57. The maximum Gasteiger partial charge on any atom is 0.304 e. The predicted octanol–water partition coefficient (Wildman–Crippen LogP) is 1.48. The lowest BCUT2D eigenvalue weighted by atomic mass is 10.1. The van der Waals surface area contributed by atoms with Crippen molar-refractivity contribution in [3.8, 4) is 0 Å². The highest BCUT2D eigenvalue weighted by atomic mass is 16.4. The van der Waals surface area contributed by atoms with E-state index in [9.17, 15) is 9.59 Å². The van der Waals surface area contributed by atoms with Crippen LogP contribution in [0, 0.1) is 5.92 Å². The Labute approximate surface area is 115 Å². The van der Waals surface area contributed by atoms with Crippen molar-refractivity contribution >= 4 is 11.9 Å². The van der Waals surface area contributed by atoms with Gasteiger partial charge in [0.2, 0.25) is 5.91 Å². The number of carbonyl (C=O) groups is 2. The van der Waals surface area contributed by atoms with Gasteiger partial charge in [-0.15, -0.1) is 0 Å². The average molecular weight is 270 g/mol. The molecule has 0 spiro atoms. The van der Waals surface area contributed by atoms with Crippen molar-refractivity contribution in [3.05, 3.63) is 0 Å². The Balaban J connectivity index is 2.44. The van der Waals surface area contributed by atoms with Gasteiger partial charge in [-0.2, -0.15) is 0 Å². The molecule has 0 saturated carbocycles. The summed E-state index contributed by atoms with van der Waals surface area (Å²) in [4.78, 5) is 24.9. The van der Waals surface area contributed by atoms with Crippen LogP contribution < -0.4 is 5.32 Å². The Kier molecular flexibility index (Phi) is 6.28. The zero-order valence-corrected chi connectivity index (χ0v) is 12.2. The lowest BCUT2D eigenvalue weighted by molar-refractivity contribution is -0.139. The largest absolute Gasteiger partial charge is 0.481 e. The normalized spacial score (nSPS) is 21.6. The molecular formula is C14H26N2O3. The van der Waals surface area contributed by atoms with Gasteiger partial charge in [0, 0.05) is 12.6 Å². The van der Waals surface area contributed by atoms with Crippen LogP contribution in [0.5, 0.6) is 0 Å². The summed E-state index contributed by atoms with van der Waals surface area (Å²) in [7, 11) is 0. The van der Waals surface area contributed by atoms with Gasteiger partial charge in [0.05, 0.1) is 12.5 Å². The van der Waals surface area contributed by atoms with Crippen LogP contribution >= 0.6 is 0 Å². The third kappa shape index (κ3) is 5.19. The number of hydrogen-bond donors (Lipinski definition) is 2. The molecule has 0 bridgehead atoms. The number of hydrogen-bond acceptors (Lipinski definition) is 3. The topological polar surface area (TPSA) is 69.6 Å². The number of carboxylic acids is 1. The molecule has 110 valence electrons. The molecule has 1 aliphatic heterocycles. The number of carboxylic acid groups (broad SMARTS) is 1. The van der Waals surface area contributed by atoms with E-state index in [4.69, 9.17) is 5.11 Å². The Morgan fingerprint density at radius 2 is 2.05 bits per heavy atom. The van der Waals surface area contributed by atoms with Gasteiger partial charge in [-0.05, 0) is 38.6 Å². The van der Waals surface area contributed by atoms with Crippen molar-refractivity contribution in [2.75, 3.05) is 13.1 Å². The van der Waals surface area contributed by atoms with Gasteiger partial charge in [-0.25, -0.2) is 0 Å². The van der Waals surface area contributed by atoms with Crippen molar-refractivity contribution in [3.63, 3.8) is 0 Å². The van der Waals surface area contributed by atoms with Crippen molar-refractivity contribution in [1.29, 1.82) is 0 Å². The second-order valence-electron chi connectivity index (χ2n) is 5.78. The third-order valence-corrected chi connectivity index (χ3v) is 3.73. The highest BCUT2D eigenvalue weighted by molar-refractivity contribution is 5.81. The van der Waals surface area contributed by atoms with Crippen LogP contribution in [-0.2, 0) is 9.59 Å². The summed E-state index contributed by atoms with van der Waals surface area (Å²) < 4.78 is 0. The first-order chi connectivity index (χ1) is 8.91. The third-order valence-electron chi connectivity index (χ3n) is 3.73. The van der Waals surface area contributed by atoms with Crippen LogP contribution in [-0.4, -0.2) is 47.1 Å². The van der Waals surface area contributed by atoms with Gasteiger partial charge in [0.15, 0.2) is 0 Å². The second kappa shape index (κ2) is 7.48. The van der Waals surface area contributed by atoms with E-state index in [0.29, 0.717) is 12.5 Å². The molecule has 2 atom stereocenters. The number of rotatable bonds is 7. The molecule has 0 aromatic heterocycles. The van der Waals surface area contributed by atoms with E-state index in [-0.39, 0.29) is 24.4 Å². The molecule has 0 aromatic carbocycles. The minimum Gasteiger partial charge on any atom is -0.481 e. The molecule has 2 unspecified atom stereocenters. The van der Waals surface area contributed by atoms with E-state index in [1.807, 2.05) is 11.8 Å². The van der Waals surface area contributed by atoms with Crippen LogP contribution in [0.15, 0.2) is 0 Å². The smallest absolute Gasteiger partial charge is 0.304 e. The Morgan fingerprint density at radius 1 is 1.37 bits per heavy atom. The van der Waals surface area contributed by atoms with Gasteiger partial charge < -0.3 is 10.4 Å². The number of likely N-dealkylation sites (tertiary alicyclic amines) is 1. The first-order valence-electron chi connectivity index (χ1n) is 7.17. The van der Waals surface area contributed by atoms with Crippen LogP contribution in [0.1, 0.15) is 46.5 Å². The summed E-state index contributed by atoms with van der Waals surface area (Å²) in [5.41, 5.74) is 0. The summed E-state index contributed by atoms with van der Waals surface area (Å²) in [6.07, 6.45) is 2.94. The Morgan fingerprint density at radius 3 is 2.63 bits per heavy atom. The molecule has 1 aliphatic rings. The van der Waals surface area contributed by atoms with E-state index < -0.39 is 5.97 Å². The molecule has 0 aromatic rings. The minimum absolute atomic E-state index is 0.00310. The minimum atomic E-state index is -0.788. The Bertz CT molecular complexity index is 318. The second-order valence-corrected chi connectivity index (χ2v) is 5.78. The van der Waals surface area contributed by atoms with Crippen LogP contribution in [0.4, 0.5) is 0 Å². The summed E-state index contributed by atoms with van der Waals surface area (Å²) >= 11 is 0. The molecule has 0 aliphatic carbocycles. The van der Waals surface area contributed by atoms with E-state index in [1.54, 1.807) is 0 Å². The molecule has 0 radical (unpaired) electrons. The van der Waals surface area contributed by atoms with Crippen LogP contribution in [0.2, 0.25) is 0 Å².